The Morgan fingerprint density at radius 2 is 1.00 bits per heavy atom. The molecular weight excluding hydrogens is 736 g/mol. The van der Waals surface area contributed by atoms with E-state index in [1.807, 2.05) is 0 Å². The smallest absolute Gasteiger partial charge is 0.480 e. The molecule has 3 fully saturated rings. The van der Waals surface area contributed by atoms with E-state index in [1.54, 1.807) is 10.6 Å². The minimum atomic E-state index is -4.79. The Labute approximate surface area is 302 Å². The molecule has 3 rings (SSSR count). The highest BCUT2D eigenvalue weighted by Gasteiger charge is 2.57. The van der Waals surface area contributed by atoms with Crippen LogP contribution in [0.4, 0.5) is 40.7 Å². The summed E-state index contributed by atoms with van der Waals surface area (Å²) in [7, 11) is 0. The number of nitrogens with one attached hydrogen (secondary N) is 2. The number of hydrogen-bond donors (Lipinski definition) is 4. The average Bonchev–Trinajstić information content (AvgIpc) is 3.87. The van der Waals surface area contributed by atoms with Gasteiger partial charge >= 0.3 is 42.6 Å². The van der Waals surface area contributed by atoms with Gasteiger partial charge in [0, 0.05) is 12.8 Å². The Morgan fingerprint density at radius 1 is 0.660 bits per heavy atom. The van der Waals surface area contributed by atoms with Gasteiger partial charge in [-0.25, -0.2) is 24.0 Å². The van der Waals surface area contributed by atoms with Crippen molar-refractivity contribution >= 4 is 42.1 Å². The van der Waals surface area contributed by atoms with E-state index in [-0.39, 0.29) is 39.9 Å². The minimum absolute atomic E-state index is 0. The van der Waals surface area contributed by atoms with Crippen LogP contribution in [0.2, 0.25) is 0 Å². The summed E-state index contributed by atoms with van der Waals surface area (Å²) in [5, 5.41) is 21.6. The van der Waals surface area contributed by atoms with Crippen LogP contribution in [0.1, 0.15) is 102 Å². The monoisotopic (exact) mass is 785 g/mol. The third-order valence-corrected chi connectivity index (χ3v) is 7.08. The number of carbonyl (C=O) groups is 7. The van der Waals surface area contributed by atoms with Gasteiger partial charge in [-0.1, -0.05) is 19.9 Å². The molecule has 2 aliphatic carbocycles. The third-order valence-electron chi connectivity index (χ3n) is 7.08. The first kappa shape index (κ1) is 50.6. The highest BCUT2D eigenvalue weighted by atomic mass is 19.4. The maximum absolute atomic E-state index is 12.8. The third kappa shape index (κ3) is 16.4. The molecule has 3 aliphatic rings. The molecule has 308 valence electrons. The summed E-state index contributed by atoms with van der Waals surface area (Å²) >= 11 is 0. The van der Waals surface area contributed by atoms with Crippen molar-refractivity contribution in [3.05, 3.63) is 0 Å². The lowest BCUT2D eigenvalue weighted by molar-refractivity contribution is -0.223. The number of nitrogens with zero attached hydrogens (tertiary/aromatic N) is 1. The molecule has 53 heavy (non-hydrogen) atoms. The second-order valence-corrected chi connectivity index (χ2v) is 13.6. The van der Waals surface area contributed by atoms with Gasteiger partial charge in [-0.05, 0) is 74.1 Å². The summed E-state index contributed by atoms with van der Waals surface area (Å²) in [6.07, 6.45) is -10.2. The van der Waals surface area contributed by atoms with Crippen LogP contribution < -0.4 is 10.6 Å². The number of halogens is 6. The molecule has 1 aliphatic heterocycles. The lowest BCUT2D eigenvalue weighted by Gasteiger charge is -2.34. The molecule has 1 saturated heterocycles. The second kappa shape index (κ2) is 19.0. The van der Waals surface area contributed by atoms with Crippen LogP contribution in [-0.4, -0.2) is 99.6 Å². The molecule has 1 heterocycles. The van der Waals surface area contributed by atoms with Crippen molar-refractivity contribution in [3.8, 4) is 0 Å². The fourth-order valence-corrected chi connectivity index (χ4v) is 3.42. The number of alkyl halides is 6. The lowest BCUT2D eigenvalue weighted by atomic mass is 9.83. The highest BCUT2D eigenvalue weighted by molar-refractivity contribution is 6.01. The maximum atomic E-state index is 12.8. The number of alkyl carbamates (subject to hydrolysis) is 2. The first-order valence-corrected chi connectivity index (χ1v) is 15.2. The molecule has 0 radical (unpaired) electrons. The van der Waals surface area contributed by atoms with E-state index in [1.165, 1.54) is 20.8 Å². The Hall–Kier alpha value is -4.53. The number of carboxylic acids is 2. The van der Waals surface area contributed by atoms with Crippen LogP contribution in [0.25, 0.3) is 0 Å². The molecule has 0 bridgehead atoms. The fraction of sp³-hybridized carbons (Fsp3) is 0.774. The van der Waals surface area contributed by atoms with Crippen molar-refractivity contribution in [1.29, 1.82) is 0 Å². The Kier molecular flexibility index (Phi) is 18.1. The Bertz CT molecular complexity index is 1310. The summed E-state index contributed by atoms with van der Waals surface area (Å²) in [5.41, 5.74) is -6.16. The van der Waals surface area contributed by atoms with Crippen molar-refractivity contribution in [2.75, 3.05) is 0 Å². The highest BCUT2D eigenvalue weighted by Crippen LogP contribution is 2.41. The van der Waals surface area contributed by atoms with Gasteiger partial charge < -0.3 is 35.1 Å². The van der Waals surface area contributed by atoms with Crippen LogP contribution >= 0.6 is 0 Å². The molecule has 0 spiro atoms. The molecular formula is C31H49F6N3O13. The van der Waals surface area contributed by atoms with E-state index >= 15 is 0 Å². The lowest BCUT2D eigenvalue weighted by Crippen LogP contribution is -2.56. The number of rotatable bonds is 9. The van der Waals surface area contributed by atoms with Crippen molar-refractivity contribution in [1.82, 2.24) is 15.7 Å². The standard InChI is InChI=1S/C11H18F3NO4.C10H14F3NO4.C8H9NO5.2CH4/c1-9(2,3)19-8(18)15-6(7(16)17)10(4,5)11(12,13)14;1-9(2,10(11,12)13)6(7(15)16)14-8(17)18-5-3-4-5;10-6-3-4-7(11)9(6)14-8(12)13-5-1-2-5;;/h6H,1-5H3,(H,15,18)(H,16,17);5-6H,3-4H2,1-2H3,(H,14,17)(H,15,16);5H,1-4H2;2*1H4/t2*6-;;;/m11.../s1. The van der Waals surface area contributed by atoms with Crippen LogP contribution in [0.3, 0.4) is 0 Å². The molecule has 22 heteroatoms. The minimum Gasteiger partial charge on any atom is -0.480 e. The predicted molar refractivity (Wildman–Crippen MR) is 170 cm³/mol. The van der Waals surface area contributed by atoms with Crippen molar-refractivity contribution in [2.45, 2.75) is 144 Å². The summed E-state index contributed by atoms with van der Waals surface area (Å²) in [6, 6.07) is -4.23. The number of amides is 4. The zero-order valence-corrected chi connectivity index (χ0v) is 28.7. The average molecular weight is 786 g/mol. The van der Waals surface area contributed by atoms with Gasteiger partial charge in [0.2, 0.25) is 0 Å². The molecule has 4 N–H and O–H groups in total. The summed E-state index contributed by atoms with van der Waals surface area (Å²) in [5.74, 6) is -4.54. The SMILES string of the molecule is C.C.CC(C)(C)OC(=O)N[C@H](C(=O)O)C(C)(C)C(F)(F)F.CC(C)([C@H](NC(=O)OC1CC1)C(=O)O)C(F)(F)F.O=C(OC1CC1)ON1C(=O)CCC1=O. The molecule has 16 nitrogen and oxygen atoms in total. The van der Waals surface area contributed by atoms with E-state index < -0.39 is 83.0 Å². The van der Waals surface area contributed by atoms with E-state index in [0.717, 1.165) is 12.8 Å². The van der Waals surface area contributed by atoms with Crippen LogP contribution in [-0.2, 0) is 38.2 Å². The van der Waals surface area contributed by atoms with Crippen molar-refractivity contribution < 1.29 is 89.2 Å². The Morgan fingerprint density at radius 3 is 1.30 bits per heavy atom. The van der Waals surface area contributed by atoms with Crippen LogP contribution in [0, 0.1) is 10.8 Å². The number of carboxylic acid groups (broad SMARTS) is 2. The molecule has 0 unspecified atom stereocenters. The number of aliphatic carboxylic acids is 2. The number of hydroxylamine groups is 2. The summed E-state index contributed by atoms with van der Waals surface area (Å²) < 4.78 is 90.6. The first-order valence-electron chi connectivity index (χ1n) is 15.2. The van der Waals surface area contributed by atoms with Gasteiger partial charge in [0.1, 0.15) is 29.9 Å². The van der Waals surface area contributed by atoms with Gasteiger partial charge in [-0.3, -0.25) is 14.4 Å². The van der Waals surface area contributed by atoms with Crippen molar-refractivity contribution in [3.63, 3.8) is 0 Å². The van der Waals surface area contributed by atoms with Gasteiger partial charge in [0.15, 0.2) is 0 Å². The predicted octanol–water partition coefficient (Wildman–Crippen LogP) is 6.11. The number of hydrogen-bond acceptors (Lipinski definition) is 11. The molecule has 2 atom stereocenters. The molecule has 0 aromatic heterocycles. The summed E-state index contributed by atoms with van der Waals surface area (Å²) in [4.78, 5) is 81.8. The normalized spacial score (nSPS) is 17.0. The maximum Gasteiger partial charge on any atom is 0.534 e. The van der Waals surface area contributed by atoms with E-state index in [2.05, 4.69) is 9.57 Å². The quantitative estimate of drug-likeness (QED) is 0.0898. The molecule has 0 aromatic carbocycles. The number of ether oxygens (including phenoxy) is 3. The zero-order chi connectivity index (χ0) is 39.9. The summed E-state index contributed by atoms with van der Waals surface area (Å²) in [6.45, 7) is 7.35. The van der Waals surface area contributed by atoms with Crippen molar-refractivity contribution in [2.24, 2.45) is 10.8 Å². The van der Waals surface area contributed by atoms with Gasteiger partial charge in [0.25, 0.3) is 11.8 Å². The first-order chi connectivity index (χ1) is 22.9. The largest absolute Gasteiger partial charge is 0.534 e. The fourth-order valence-electron chi connectivity index (χ4n) is 3.42. The van der Waals surface area contributed by atoms with Gasteiger partial charge in [-0.2, -0.15) is 26.3 Å². The molecule has 0 aromatic rings. The Balaban J connectivity index is 0. The van der Waals surface area contributed by atoms with Gasteiger partial charge in [0.05, 0.1) is 10.8 Å². The van der Waals surface area contributed by atoms with Crippen LogP contribution in [0.15, 0.2) is 0 Å². The topological polar surface area (TPSA) is 224 Å². The molecule has 2 saturated carbocycles. The van der Waals surface area contributed by atoms with E-state index in [0.29, 0.717) is 45.6 Å². The van der Waals surface area contributed by atoms with Gasteiger partial charge in [-0.15, -0.1) is 0 Å². The van der Waals surface area contributed by atoms with E-state index in [4.69, 9.17) is 19.7 Å². The van der Waals surface area contributed by atoms with E-state index in [9.17, 15) is 59.9 Å². The molecule has 4 amide bonds. The van der Waals surface area contributed by atoms with Crippen LogP contribution in [0.5, 0.6) is 0 Å². The zero-order valence-electron chi connectivity index (χ0n) is 28.7. The number of imide groups is 1. The second-order valence-electron chi connectivity index (χ2n) is 13.6. The number of carbonyl (C=O) groups excluding carboxylic acids is 5.